The second-order valence-electron chi connectivity index (χ2n) is 6.48. The van der Waals surface area contributed by atoms with Gasteiger partial charge < -0.3 is 19.0 Å². The maximum atomic E-state index is 12.4. The van der Waals surface area contributed by atoms with Crippen molar-refractivity contribution in [3.05, 3.63) is 58.8 Å². The van der Waals surface area contributed by atoms with Crippen molar-refractivity contribution in [1.82, 2.24) is 4.90 Å². The molecule has 0 spiro atoms. The Labute approximate surface area is 156 Å². The minimum Gasteiger partial charge on any atom is -0.508 e. The molecule has 1 aliphatic rings. The molecule has 6 nitrogen and oxygen atoms in total. The van der Waals surface area contributed by atoms with Crippen LogP contribution in [-0.2, 0) is 4.74 Å². The molecule has 1 aliphatic heterocycles. The van der Waals surface area contributed by atoms with Gasteiger partial charge in [-0.2, -0.15) is 0 Å². The molecule has 4 rings (SSSR count). The molecular weight excluding hydrogens is 346 g/mol. The van der Waals surface area contributed by atoms with Crippen LogP contribution in [0.15, 0.2) is 57.7 Å². The fourth-order valence-corrected chi connectivity index (χ4v) is 3.11. The van der Waals surface area contributed by atoms with E-state index in [0.717, 1.165) is 38.4 Å². The van der Waals surface area contributed by atoms with Gasteiger partial charge >= 0.3 is 0 Å². The zero-order valence-electron chi connectivity index (χ0n) is 14.9. The summed E-state index contributed by atoms with van der Waals surface area (Å²) in [6, 6.07) is 13.3. The van der Waals surface area contributed by atoms with Crippen molar-refractivity contribution in [1.29, 1.82) is 0 Å². The van der Waals surface area contributed by atoms with E-state index >= 15 is 0 Å². The fourth-order valence-electron chi connectivity index (χ4n) is 3.11. The Hall–Kier alpha value is -2.83. The lowest BCUT2D eigenvalue weighted by atomic mass is 10.1. The summed E-state index contributed by atoms with van der Waals surface area (Å²) in [6.45, 7) is 4.77. The second kappa shape index (κ2) is 7.82. The molecule has 1 N–H and O–H groups in total. The van der Waals surface area contributed by atoms with Crippen LogP contribution in [0.25, 0.3) is 22.3 Å². The number of benzene rings is 2. The number of morpholine rings is 1. The van der Waals surface area contributed by atoms with Crippen LogP contribution in [0.5, 0.6) is 11.5 Å². The highest BCUT2D eigenvalue weighted by atomic mass is 16.5. The first kappa shape index (κ1) is 17.6. The van der Waals surface area contributed by atoms with Crippen LogP contribution in [-0.4, -0.2) is 49.5 Å². The van der Waals surface area contributed by atoms with E-state index in [1.54, 1.807) is 42.5 Å². The molecule has 1 fully saturated rings. The SMILES string of the molecule is O=c1cc(-c2ccc(O)cc2)oc2cc(OCCN3CCOCC3)ccc12. The summed E-state index contributed by atoms with van der Waals surface area (Å²) in [4.78, 5) is 14.7. The van der Waals surface area contributed by atoms with Gasteiger partial charge in [-0.15, -0.1) is 0 Å². The first-order chi connectivity index (χ1) is 13.2. The number of rotatable bonds is 5. The number of fused-ring (bicyclic) bond motifs is 1. The lowest BCUT2D eigenvalue weighted by Gasteiger charge is -2.26. The minimum atomic E-state index is -0.112. The van der Waals surface area contributed by atoms with Crippen molar-refractivity contribution in [2.75, 3.05) is 39.5 Å². The lowest BCUT2D eigenvalue weighted by Crippen LogP contribution is -2.38. The quantitative estimate of drug-likeness (QED) is 0.748. The lowest BCUT2D eigenvalue weighted by molar-refractivity contribution is 0.0322. The molecule has 0 bridgehead atoms. The molecule has 3 aromatic rings. The molecule has 0 radical (unpaired) electrons. The molecule has 0 aliphatic carbocycles. The summed E-state index contributed by atoms with van der Waals surface area (Å²) in [7, 11) is 0. The Kier molecular flexibility index (Phi) is 5.09. The number of hydrogen-bond acceptors (Lipinski definition) is 6. The Bertz CT molecular complexity index is 974. The molecule has 0 unspecified atom stereocenters. The van der Waals surface area contributed by atoms with Crippen molar-refractivity contribution in [3.8, 4) is 22.8 Å². The summed E-state index contributed by atoms with van der Waals surface area (Å²) >= 11 is 0. The zero-order valence-corrected chi connectivity index (χ0v) is 14.9. The summed E-state index contributed by atoms with van der Waals surface area (Å²) in [5.41, 5.74) is 1.10. The average molecular weight is 367 g/mol. The molecule has 0 amide bonds. The largest absolute Gasteiger partial charge is 0.508 e. The Balaban J connectivity index is 1.53. The van der Waals surface area contributed by atoms with E-state index in [2.05, 4.69) is 4.90 Å². The third-order valence-corrected chi connectivity index (χ3v) is 4.63. The van der Waals surface area contributed by atoms with Crippen molar-refractivity contribution in [3.63, 3.8) is 0 Å². The fraction of sp³-hybridized carbons (Fsp3) is 0.286. The number of aromatic hydroxyl groups is 1. The van der Waals surface area contributed by atoms with E-state index in [9.17, 15) is 9.90 Å². The molecule has 0 saturated carbocycles. The van der Waals surface area contributed by atoms with Crippen LogP contribution < -0.4 is 10.2 Å². The van der Waals surface area contributed by atoms with Crippen LogP contribution in [0.2, 0.25) is 0 Å². The normalized spacial score (nSPS) is 15.1. The van der Waals surface area contributed by atoms with Gasteiger partial charge in [0.2, 0.25) is 0 Å². The van der Waals surface area contributed by atoms with E-state index < -0.39 is 0 Å². The van der Waals surface area contributed by atoms with Gasteiger partial charge in [0.1, 0.15) is 29.4 Å². The van der Waals surface area contributed by atoms with Crippen LogP contribution in [0.1, 0.15) is 0 Å². The van der Waals surface area contributed by atoms with E-state index in [0.29, 0.717) is 29.1 Å². The third-order valence-electron chi connectivity index (χ3n) is 4.63. The number of phenolic OH excluding ortho intramolecular Hbond substituents is 1. The van der Waals surface area contributed by atoms with Gasteiger partial charge in [-0.3, -0.25) is 9.69 Å². The molecular formula is C21H21NO5. The highest BCUT2D eigenvalue weighted by Gasteiger charge is 2.11. The predicted molar refractivity (Wildman–Crippen MR) is 102 cm³/mol. The molecule has 1 aromatic heterocycles. The molecule has 6 heteroatoms. The highest BCUT2D eigenvalue weighted by Crippen LogP contribution is 2.26. The van der Waals surface area contributed by atoms with Crippen molar-refractivity contribution >= 4 is 11.0 Å². The average Bonchev–Trinajstić information content (AvgIpc) is 2.69. The summed E-state index contributed by atoms with van der Waals surface area (Å²) in [6.07, 6.45) is 0. The second-order valence-corrected chi connectivity index (χ2v) is 6.48. The van der Waals surface area contributed by atoms with Gasteiger partial charge in [-0.05, 0) is 36.4 Å². The van der Waals surface area contributed by atoms with Gasteiger partial charge in [-0.1, -0.05) is 0 Å². The Morgan fingerprint density at radius 3 is 2.59 bits per heavy atom. The monoisotopic (exact) mass is 367 g/mol. The van der Waals surface area contributed by atoms with Gasteiger partial charge in [0.15, 0.2) is 5.43 Å². The number of hydrogen-bond donors (Lipinski definition) is 1. The third kappa shape index (κ3) is 4.13. The molecule has 2 heterocycles. The Morgan fingerprint density at radius 2 is 1.81 bits per heavy atom. The molecule has 1 saturated heterocycles. The van der Waals surface area contributed by atoms with Gasteiger partial charge in [-0.25, -0.2) is 0 Å². The van der Waals surface area contributed by atoms with E-state index in [1.165, 1.54) is 6.07 Å². The zero-order chi connectivity index (χ0) is 18.6. The van der Waals surface area contributed by atoms with E-state index in [1.807, 2.05) is 0 Å². The summed E-state index contributed by atoms with van der Waals surface area (Å²) in [5.74, 6) is 1.29. The molecule has 0 atom stereocenters. The van der Waals surface area contributed by atoms with Crippen molar-refractivity contribution < 1.29 is 19.0 Å². The van der Waals surface area contributed by atoms with Gasteiger partial charge in [0.25, 0.3) is 0 Å². The molecule has 140 valence electrons. The maximum Gasteiger partial charge on any atom is 0.193 e. The van der Waals surface area contributed by atoms with Crippen LogP contribution in [0, 0.1) is 0 Å². The standard InChI is InChI=1S/C21H21NO5/c23-16-3-1-15(2-4-16)20-14-19(24)18-6-5-17(13-21(18)27-20)26-12-9-22-7-10-25-11-8-22/h1-6,13-14,23H,7-12H2. The summed E-state index contributed by atoms with van der Waals surface area (Å²) in [5, 5.41) is 9.94. The van der Waals surface area contributed by atoms with Crippen molar-refractivity contribution in [2.24, 2.45) is 0 Å². The molecule has 27 heavy (non-hydrogen) atoms. The number of ether oxygens (including phenoxy) is 2. The first-order valence-corrected chi connectivity index (χ1v) is 8.99. The van der Waals surface area contributed by atoms with E-state index in [-0.39, 0.29) is 11.2 Å². The Morgan fingerprint density at radius 1 is 1.04 bits per heavy atom. The highest BCUT2D eigenvalue weighted by molar-refractivity contribution is 5.80. The minimum absolute atomic E-state index is 0.112. The summed E-state index contributed by atoms with van der Waals surface area (Å²) < 4.78 is 17.1. The smallest absolute Gasteiger partial charge is 0.193 e. The predicted octanol–water partition coefficient (Wildman–Crippen LogP) is 2.88. The van der Waals surface area contributed by atoms with Gasteiger partial charge in [0, 0.05) is 37.3 Å². The molecule has 2 aromatic carbocycles. The van der Waals surface area contributed by atoms with E-state index in [4.69, 9.17) is 13.9 Å². The topological polar surface area (TPSA) is 72.1 Å². The van der Waals surface area contributed by atoms with Crippen LogP contribution in [0.3, 0.4) is 0 Å². The van der Waals surface area contributed by atoms with Crippen LogP contribution in [0.4, 0.5) is 0 Å². The maximum absolute atomic E-state index is 12.4. The van der Waals surface area contributed by atoms with Gasteiger partial charge in [0.05, 0.1) is 18.6 Å². The van der Waals surface area contributed by atoms with Crippen LogP contribution >= 0.6 is 0 Å². The first-order valence-electron chi connectivity index (χ1n) is 8.99. The van der Waals surface area contributed by atoms with Crippen molar-refractivity contribution in [2.45, 2.75) is 0 Å². The number of phenols is 1. The number of nitrogens with zero attached hydrogens (tertiary/aromatic N) is 1.